The van der Waals surface area contributed by atoms with Crippen LogP contribution in [0, 0.1) is 0 Å². The number of carbonyl (C=O) groups is 1. The van der Waals surface area contributed by atoms with Crippen molar-refractivity contribution in [3.05, 3.63) is 63.8 Å². The topological polar surface area (TPSA) is 96.2 Å². The van der Waals surface area contributed by atoms with Gasteiger partial charge in [0.15, 0.2) is 17.3 Å². The molecule has 0 amide bonds. The molecule has 2 aromatic rings. The van der Waals surface area contributed by atoms with E-state index in [0.717, 1.165) is 16.7 Å². The number of allylic oxidation sites excluding steroid dienone is 4. The number of benzene rings is 2. The van der Waals surface area contributed by atoms with Crippen molar-refractivity contribution in [1.29, 1.82) is 0 Å². The van der Waals surface area contributed by atoms with Gasteiger partial charge in [0, 0.05) is 17.2 Å². The quantitative estimate of drug-likeness (QED) is 0.537. The highest BCUT2D eigenvalue weighted by Gasteiger charge is 2.35. The number of phenolic OH excluding ortho intramolecular Hbond substituents is 3. The van der Waals surface area contributed by atoms with Gasteiger partial charge in [-0.05, 0) is 52.2 Å². The van der Waals surface area contributed by atoms with Gasteiger partial charge in [0.05, 0.1) is 13.0 Å². The van der Waals surface area contributed by atoms with E-state index in [1.54, 1.807) is 0 Å². The zero-order valence-electron chi connectivity index (χ0n) is 19.2. The molecule has 0 aromatic heterocycles. The third-order valence-corrected chi connectivity index (χ3v) is 5.53. The standard InChI is InChI=1S/C26H30O6/c1-14(2)6-8-16-10-17(11-21(28)26(16)31-5)19-13-32-22-12-20(27)18(9-7-15(3)4)24(29)23(22)25(19)30/h6-7,10-12,19,27-29H,8-9,13H2,1-5H3. The zero-order valence-corrected chi connectivity index (χ0v) is 19.2. The molecule has 0 spiro atoms. The number of methoxy groups -OCH3 is 1. The maximum atomic E-state index is 13.4. The van der Waals surface area contributed by atoms with E-state index in [2.05, 4.69) is 0 Å². The van der Waals surface area contributed by atoms with Gasteiger partial charge >= 0.3 is 0 Å². The highest BCUT2D eigenvalue weighted by atomic mass is 16.5. The molecule has 1 aliphatic heterocycles. The molecule has 32 heavy (non-hydrogen) atoms. The third-order valence-electron chi connectivity index (χ3n) is 5.53. The molecule has 0 aliphatic carbocycles. The Morgan fingerprint density at radius 2 is 1.69 bits per heavy atom. The summed E-state index contributed by atoms with van der Waals surface area (Å²) in [6.45, 7) is 7.83. The summed E-state index contributed by atoms with van der Waals surface area (Å²) in [5.74, 6) is -0.945. The molecular formula is C26H30O6. The van der Waals surface area contributed by atoms with Crippen molar-refractivity contribution >= 4 is 5.78 Å². The van der Waals surface area contributed by atoms with Gasteiger partial charge in [0.25, 0.3) is 0 Å². The largest absolute Gasteiger partial charge is 0.507 e. The molecule has 1 unspecified atom stereocenters. The number of ether oxygens (including phenoxy) is 2. The minimum atomic E-state index is -0.712. The van der Waals surface area contributed by atoms with Crippen LogP contribution < -0.4 is 9.47 Å². The Hall–Kier alpha value is -3.41. The van der Waals surface area contributed by atoms with E-state index in [0.29, 0.717) is 24.2 Å². The average molecular weight is 439 g/mol. The van der Waals surface area contributed by atoms with Crippen LogP contribution in [0.15, 0.2) is 41.5 Å². The highest BCUT2D eigenvalue weighted by Crippen LogP contribution is 2.45. The summed E-state index contributed by atoms with van der Waals surface area (Å²) in [5.41, 5.74) is 3.81. The monoisotopic (exact) mass is 438 g/mol. The molecule has 6 heteroatoms. The molecule has 2 aromatic carbocycles. The number of ketones is 1. The molecule has 170 valence electrons. The Labute approximate surface area is 188 Å². The molecule has 3 N–H and O–H groups in total. The molecule has 3 rings (SSSR count). The van der Waals surface area contributed by atoms with Crippen molar-refractivity contribution in [2.45, 2.75) is 46.5 Å². The van der Waals surface area contributed by atoms with Gasteiger partial charge in [-0.1, -0.05) is 29.4 Å². The molecule has 1 heterocycles. The molecule has 0 saturated heterocycles. The summed E-state index contributed by atoms with van der Waals surface area (Å²) in [7, 11) is 1.49. The van der Waals surface area contributed by atoms with Crippen LogP contribution in [0.25, 0.3) is 0 Å². The van der Waals surface area contributed by atoms with Crippen LogP contribution >= 0.6 is 0 Å². The second kappa shape index (κ2) is 9.39. The van der Waals surface area contributed by atoms with Crippen LogP contribution in [0.1, 0.15) is 60.7 Å². The number of hydrogen-bond acceptors (Lipinski definition) is 6. The number of phenols is 3. The predicted molar refractivity (Wildman–Crippen MR) is 123 cm³/mol. The van der Waals surface area contributed by atoms with E-state index < -0.39 is 5.92 Å². The number of aromatic hydroxyl groups is 3. The third kappa shape index (κ3) is 4.59. The minimum absolute atomic E-state index is 0.0336. The zero-order chi connectivity index (χ0) is 23.6. The summed E-state index contributed by atoms with van der Waals surface area (Å²) in [6, 6.07) is 4.71. The van der Waals surface area contributed by atoms with Gasteiger partial charge in [-0.25, -0.2) is 0 Å². The number of fused-ring (bicyclic) bond motifs is 1. The highest BCUT2D eigenvalue weighted by molar-refractivity contribution is 6.07. The van der Waals surface area contributed by atoms with Crippen LogP contribution in [0.3, 0.4) is 0 Å². The number of hydrogen-bond donors (Lipinski definition) is 3. The Bertz CT molecular complexity index is 1100. The van der Waals surface area contributed by atoms with Gasteiger partial charge < -0.3 is 24.8 Å². The number of Topliss-reactive ketones (excluding diaryl/α,β-unsaturated/α-hetero) is 1. The van der Waals surface area contributed by atoms with Crippen molar-refractivity contribution in [3.63, 3.8) is 0 Å². The maximum absolute atomic E-state index is 13.4. The van der Waals surface area contributed by atoms with Gasteiger partial charge in [0.2, 0.25) is 0 Å². The lowest BCUT2D eigenvalue weighted by atomic mass is 9.86. The maximum Gasteiger partial charge on any atom is 0.181 e. The molecule has 6 nitrogen and oxygen atoms in total. The average Bonchev–Trinajstić information content (AvgIpc) is 2.71. The first-order chi connectivity index (χ1) is 15.1. The van der Waals surface area contributed by atoms with E-state index in [-0.39, 0.29) is 46.5 Å². The summed E-state index contributed by atoms with van der Waals surface area (Å²) in [5, 5.41) is 31.7. The molecule has 1 aliphatic rings. The van der Waals surface area contributed by atoms with Crippen molar-refractivity contribution in [1.82, 2.24) is 0 Å². The minimum Gasteiger partial charge on any atom is -0.507 e. The van der Waals surface area contributed by atoms with E-state index in [4.69, 9.17) is 9.47 Å². The lowest BCUT2D eigenvalue weighted by Crippen LogP contribution is -2.26. The van der Waals surface area contributed by atoms with Crippen molar-refractivity contribution < 1.29 is 29.6 Å². The first kappa shape index (κ1) is 23.3. The van der Waals surface area contributed by atoms with E-state index in [9.17, 15) is 20.1 Å². The molecule has 0 fully saturated rings. The molecule has 0 radical (unpaired) electrons. The van der Waals surface area contributed by atoms with Gasteiger partial charge in [-0.3, -0.25) is 4.79 Å². The first-order valence-electron chi connectivity index (χ1n) is 10.5. The van der Waals surface area contributed by atoms with Gasteiger partial charge in [0.1, 0.15) is 29.4 Å². The first-order valence-corrected chi connectivity index (χ1v) is 10.5. The van der Waals surface area contributed by atoms with Crippen molar-refractivity contribution in [2.75, 3.05) is 13.7 Å². The number of carbonyl (C=O) groups excluding carboxylic acids is 1. The van der Waals surface area contributed by atoms with Crippen LogP contribution in [0.5, 0.6) is 28.7 Å². The van der Waals surface area contributed by atoms with Crippen molar-refractivity contribution in [3.8, 4) is 28.7 Å². The smallest absolute Gasteiger partial charge is 0.181 e. The lowest BCUT2D eigenvalue weighted by molar-refractivity contribution is 0.0891. The fourth-order valence-corrected chi connectivity index (χ4v) is 3.80. The Morgan fingerprint density at radius 1 is 1.03 bits per heavy atom. The second-order valence-corrected chi connectivity index (χ2v) is 8.53. The fourth-order valence-electron chi connectivity index (χ4n) is 3.80. The second-order valence-electron chi connectivity index (χ2n) is 8.53. The number of rotatable bonds is 6. The van der Waals surface area contributed by atoms with Crippen LogP contribution in [0.4, 0.5) is 0 Å². The van der Waals surface area contributed by atoms with Crippen LogP contribution in [-0.4, -0.2) is 34.8 Å². The van der Waals surface area contributed by atoms with E-state index in [1.807, 2.05) is 45.9 Å². The summed E-state index contributed by atoms with van der Waals surface area (Å²) < 4.78 is 11.1. The van der Waals surface area contributed by atoms with Crippen LogP contribution in [-0.2, 0) is 12.8 Å². The van der Waals surface area contributed by atoms with Crippen molar-refractivity contribution in [2.24, 2.45) is 0 Å². The Kier molecular flexibility index (Phi) is 6.82. The fraction of sp³-hybridized carbons (Fsp3) is 0.346. The van der Waals surface area contributed by atoms with Gasteiger partial charge in [-0.15, -0.1) is 0 Å². The molecule has 0 saturated carbocycles. The lowest BCUT2D eigenvalue weighted by Gasteiger charge is -2.27. The molecule has 0 bridgehead atoms. The SMILES string of the molecule is COc1c(O)cc(C2COc3cc(O)c(CC=C(C)C)c(O)c3C2=O)cc1CC=C(C)C. The summed E-state index contributed by atoms with van der Waals surface area (Å²) in [6.07, 6.45) is 4.71. The van der Waals surface area contributed by atoms with Gasteiger partial charge in [-0.2, -0.15) is 0 Å². The Morgan fingerprint density at radius 3 is 2.31 bits per heavy atom. The normalized spacial score (nSPS) is 14.9. The van der Waals surface area contributed by atoms with E-state index >= 15 is 0 Å². The van der Waals surface area contributed by atoms with Crippen LogP contribution in [0.2, 0.25) is 0 Å². The predicted octanol–water partition coefficient (Wildman–Crippen LogP) is 5.19. The van der Waals surface area contributed by atoms with E-state index in [1.165, 1.54) is 19.2 Å². The summed E-state index contributed by atoms with van der Waals surface area (Å²) >= 11 is 0. The molecule has 1 atom stereocenters. The molecular weight excluding hydrogens is 408 g/mol. The Balaban J connectivity index is 2.05. The summed E-state index contributed by atoms with van der Waals surface area (Å²) in [4.78, 5) is 13.4.